The van der Waals surface area contributed by atoms with Crippen LogP contribution in [0.1, 0.15) is 71.6 Å². The van der Waals surface area contributed by atoms with E-state index in [1.165, 1.54) is 31.3 Å². The lowest BCUT2D eigenvalue weighted by atomic mass is 9.51. The van der Waals surface area contributed by atoms with Gasteiger partial charge in [-0.05, 0) is 81.1 Å². The van der Waals surface area contributed by atoms with Crippen LogP contribution in [0, 0.1) is 29.1 Å². The van der Waals surface area contributed by atoms with Crippen molar-refractivity contribution in [1.29, 1.82) is 0 Å². The Balaban J connectivity index is 1.60. The lowest BCUT2D eigenvalue weighted by Crippen LogP contribution is -2.49. The second kappa shape index (κ2) is 6.00. The van der Waals surface area contributed by atoms with Crippen LogP contribution in [0.3, 0.4) is 0 Å². The summed E-state index contributed by atoms with van der Waals surface area (Å²) in [5.74, 6) is 3.13. The molecule has 6 atom stereocenters. The van der Waals surface area contributed by atoms with Crippen LogP contribution in [0.25, 0.3) is 0 Å². The molecule has 24 heavy (non-hydrogen) atoms. The van der Waals surface area contributed by atoms with E-state index in [-0.39, 0.29) is 17.5 Å². The number of ketones is 1. The van der Waals surface area contributed by atoms with Gasteiger partial charge in [0.1, 0.15) is 6.10 Å². The van der Waals surface area contributed by atoms with Gasteiger partial charge >= 0.3 is 5.97 Å². The molecule has 0 aliphatic heterocycles. The first-order chi connectivity index (χ1) is 11.5. The normalized spacial score (nSPS) is 44.2. The van der Waals surface area contributed by atoms with Crippen LogP contribution in [-0.2, 0) is 14.3 Å². The van der Waals surface area contributed by atoms with Crippen LogP contribution < -0.4 is 0 Å². The fraction of sp³-hybridized carbons (Fsp3) is 0.810. The molecule has 0 aromatic heterocycles. The van der Waals surface area contributed by atoms with Gasteiger partial charge in [-0.15, -0.1) is 0 Å². The average molecular weight is 330 g/mol. The fourth-order valence-electron chi connectivity index (χ4n) is 6.99. The molecule has 0 saturated heterocycles. The number of hydrogen-bond acceptors (Lipinski definition) is 3. The number of fused-ring (bicyclic) bond motifs is 5. The van der Waals surface area contributed by atoms with Crippen LogP contribution in [-0.4, -0.2) is 17.9 Å². The second-order valence-corrected chi connectivity index (χ2v) is 8.60. The van der Waals surface area contributed by atoms with Crippen molar-refractivity contribution in [2.24, 2.45) is 29.1 Å². The van der Waals surface area contributed by atoms with Gasteiger partial charge in [0.15, 0.2) is 5.78 Å². The summed E-state index contributed by atoms with van der Waals surface area (Å²) in [5.41, 5.74) is 1.67. The Labute approximate surface area is 145 Å². The number of carbonyl (C=O) groups excluding carboxylic acids is 2. The van der Waals surface area contributed by atoms with E-state index in [9.17, 15) is 9.59 Å². The highest BCUT2D eigenvalue weighted by Gasteiger charge is 2.58. The molecule has 3 fully saturated rings. The van der Waals surface area contributed by atoms with Crippen molar-refractivity contribution >= 4 is 11.8 Å². The van der Waals surface area contributed by atoms with Gasteiger partial charge in [0.05, 0.1) is 0 Å². The highest BCUT2D eigenvalue weighted by atomic mass is 16.5. The lowest BCUT2D eigenvalue weighted by Gasteiger charge is -2.54. The highest BCUT2D eigenvalue weighted by molar-refractivity contribution is 5.91. The van der Waals surface area contributed by atoms with Crippen molar-refractivity contribution in [1.82, 2.24) is 0 Å². The molecule has 0 spiro atoms. The molecule has 0 bridgehead atoms. The molecular weight excluding hydrogens is 300 g/mol. The summed E-state index contributed by atoms with van der Waals surface area (Å²) in [6.07, 6.45) is 12.1. The van der Waals surface area contributed by atoms with Gasteiger partial charge in [-0.25, -0.2) is 0 Å². The number of ether oxygens (including phenoxy) is 1. The van der Waals surface area contributed by atoms with Crippen molar-refractivity contribution in [3.8, 4) is 0 Å². The smallest absolute Gasteiger partial charge is 0.302 e. The molecule has 4 rings (SSSR count). The summed E-state index contributed by atoms with van der Waals surface area (Å²) in [4.78, 5) is 23.4. The summed E-state index contributed by atoms with van der Waals surface area (Å²) in [6.45, 7) is 3.85. The van der Waals surface area contributed by atoms with Gasteiger partial charge in [0.25, 0.3) is 0 Å². The minimum Gasteiger partial charge on any atom is -0.462 e. The third-order valence-electron chi connectivity index (χ3n) is 7.90. The minimum absolute atomic E-state index is 0.116. The van der Waals surface area contributed by atoms with Crippen molar-refractivity contribution in [2.75, 3.05) is 0 Å². The van der Waals surface area contributed by atoms with Crippen LogP contribution in [0.4, 0.5) is 0 Å². The van der Waals surface area contributed by atoms with Crippen molar-refractivity contribution < 1.29 is 14.3 Å². The second-order valence-electron chi connectivity index (χ2n) is 8.60. The highest BCUT2D eigenvalue weighted by Crippen LogP contribution is 2.63. The maximum atomic E-state index is 11.8. The zero-order valence-corrected chi connectivity index (χ0v) is 15.1. The predicted molar refractivity (Wildman–Crippen MR) is 92.3 cm³/mol. The Morgan fingerprint density at radius 2 is 2.00 bits per heavy atom. The first-order valence-electron chi connectivity index (χ1n) is 9.95. The standard InChI is InChI=1S/C21H30O3/c1-3-21-11-10-17-16-7-5-15(23)12-14(16)4-6-18(17)19(21)8-9-20(21)24-13(2)22/h12,16-20H,3-11H2,1-2H3/t16-,17+,18+,19-,20-,21-/m0/s1. The lowest BCUT2D eigenvalue weighted by molar-refractivity contribution is -0.158. The quantitative estimate of drug-likeness (QED) is 0.703. The summed E-state index contributed by atoms with van der Waals surface area (Å²) in [5, 5.41) is 0. The molecule has 4 aliphatic rings. The molecular formula is C21H30O3. The number of esters is 1. The molecule has 3 nitrogen and oxygen atoms in total. The van der Waals surface area contributed by atoms with Crippen molar-refractivity contribution in [2.45, 2.75) is 77.7 Å². The fourth-order valence-corrected chi connectivity index (χ4v) is 6.99. The maximum Gasteiger partial charge on any atom is 0.302 e. The first kappa shape index (κ1) is 16.4. The third kappa shape index (κ3) is 2.38. The Morgan fingerprint density at radius 1 is 1.17 bits per heavy atom. The average Bonchev–Trinajstić information content (AvgIpc) is 2.92. The topological polar surface area (TPSA) is 43.4 Å². The van der Waals surface area contributed by atoms with E-state index in [0.29, 0.717) is 17.6 Å². The van der Waals surface area contributed by atoms with Gasteiger partial charge < -0.3 is 4.74 Å². The Morgan fingerprint density at radius 3 is 2.75 bits per heavy atom. The van der Waals surface area contributed by atoms with Gasteiger partial charge in [-0.2, -0.15) is 0 Å². The van der Waals surface area contributed by atoms with Gasteiger partial charge in [0, 0.05) is 18.8 Å². The van der Waals surface area contributed by atoms with E-state index in [4.69, 9.17) is 4.74 Å². The molecule has 3 heteroatoms. The largest absolute Gasteiger partial charge is 0.462 e. The molecule has 4 aliphatic carbocycles. The van der Waals surface area contributed by atoms with Crippen LogP contribution in [0.15, 0.2) is 11.6 Å². The predicted octanol–water partition coefficient (Wildman–Crippen LogP) is 4.45. The van der Waals surface area contributed by atoms with Crippen molar-refractivity contribution in [3.05, 3.63) is 11.6 Å². The van der Waals surface area contributed by atoms with Gasteiger partial charge in [-0.1, -0.05) is 12.5 Å². The summed E-state index contributed by atoms with van der Waals surface area (Å²) in [6, 6.07) is 0. The Kier molecular flexibility index (Phi) is 4.09. The summed E-state index contributed by atoms with van der Waals surface area (Å²) >= 11 is 0. The molecule has 0 amide bonds. The molecule has 0 heterocycles. The zero-order valence-electron chi connectivity index (χ0n) is 15.1. The Hall–Kier alpha value is -1.12. The first-order valence-corrected chi connectivity index (χ1v) is 9.95. The SMILES string of the molecule is CC[C@]12CC[C@H]3[C@@H](CCC4=CC(=O)CC[C@@H]43)[C@@H]1CC[C@@H]2OC(C)=O. The van der Waals surface area contributed by atoms with Crippen LogP contribution in [0.5, 0.6) is 0 Å². The van der Waals surface area contributed by atoms with Crippen molar-refractivity contribution in [3.63, 3.8) is 0 Å². The number of rotatable bonds is 2. The van der Waals surface area contributed by atoms with E-state index < -0.39 is 0 Å². The number of hydrogen-bond donors (Lipinski definition) is 0. The zero-order chi connectivity index (χ0) is 16.9. The molecule has 0 aromatic carbocycles. The van der Waals surface area contributed by atoms with E-state index in [1.54, 1.807) is 6.92 Å². The molecule has 3 saturated carbocycles. The molecule has 0 aromatic rings. The molecule has 0 N–H and O–H groups in total. The molecule has 132 valence electrons. The third-order valence-corrected chi connectivity index (χ3v) is 7.90. The Bertz CT molecular complexity index is 578. The molecule has 0 radical (unpaired) electrons. The summed E-state index contributed by atoms with van der Waals surface area (Å²) < 4.78 is 5.78. The molecule has 0 unspecified atom stereocenters. The van der Waals surface area contributed by atoms with Crippen LogP contribution >= 0.6 is 0 Å². The monoisotopic (exact) mass is 330 g/mol. The number of carbonyl (C=O) groups is 2. The number of allylic oxidation sites excluding steroid dienone is 1. The van der Waals surface area contributed by atoms with E-state index in [2.05, 4.69) is 6.92 Å². The van der Waals surface area contributed by atoms with E-state index >= 15 is 0 Å². The van der Waals surface area contributed by atoms with Gasteiger partial charge in [0.2, 0.25) is 0 Å². The minimum atomic E-state index is -0.116. The maximum absolute atomic E-state index is 11.8. The summed E-state index contributed by atoms with van der Waals surface area (Å²) in [7, 11) is 0. The van der Waals surface area contributed by atoms with E-state index in [1.807, 2.05) is 6.08 Å². The van der Waals surface area contributed by atoms with Crippen LogP contribution in [0.2, 0.25) is 0 Å². The van der Waals surface area contributed by atoms with Gasteiger partial charge in [-0.3, -0.25) is 9.59 Å². The van der Waals surface area contributed by atoms with E-state index in [0.717, 1.165) is 43.9 Å².